The highest BCUT2D eigenvalue weighted by atomic mass is 32.2. The van der Waals surface area contributed by atoms with E-state index < -0.39 is 27.8 Å². The van der Waals surface area contributed by atoms with E-state index in [4.69, 9.17) is 0 Å². The Labute approximate surface area is 165 Å². The number of amides is 1. The number of aliphatic carboxylic acids is 1. The fourth-order valence-electron chi connectivity index (χ4n) is 3.38. The summed E-state index contributed by atoms with van der Waals surface area (Å²) in [7, 11) is -3.72. The number of nitrogens with one attached hydrogen (secondary N) is 1. The SMILES string of the molecule is C=CCN(CC=C)S(=O)(=O)c1ccc(NC(=O)[C@H]2CCCC[C@H]2C(=O)[O-])cc1. The number of anilines is 1. The summed E-state index contributed by atoms with van der Waals surface area (Å²) < 4.78 is 26.6. The van der Waals surface area contributed by atoms with Gasteiger partial charge in [0, 0.05) is 36.6 Å². The standard InChI is InChI=1S/C20H26N2O5S/c1-3-13-22(14-4-2)28(26,27)16-11-9-15(10-12-16)21-19(23)17-7-5-6-8-18(17)20(24)25/h3-4,9-12,17-18H,1-2,5-8,13-14H2,(H,21,23)(H,24,25)/p-1/t17-,18+/m0/s1. The summed E-state index contributed by atoms with van der Waals surface area (Å²) in [6, 6.07) is 5.78. The van der Waals surface area contributed by atoms with E-state index in [1.54, 1.807) is 0 Å². The summed E-state index contributed by atoms with van der Waals surface area (Å²) in [6.45, 7) is 7.43. The topological polar surface area (TPSA) is 107 Å². The van der Waals surface area contributed by atoms with Gasteiger partial charge in [0.2, 0.25) is 15.9 Å². The number of benzene rings is 1. The van der Waals surface area contributed by atoms with E-state index in [-0.39, 0.29) is 23.9 Å². The van der Waals surface area contributed by atoms with Crippen molar-refractivity contribution in [3.8, 4) is 0 Å². The molecule has 0 aliphatic heterocycles. The number of carbonyl (C=O) groups excluding carboxylic acids is 2. The van der Waals surface area contributed by atoms with E-state index >= 15 is 0 Å². The number of hydrogen-bond donors (Lipinski definition) is 1. The second kappa shape index (κ2) is 9.66. The number of rotatable bonds is 9. The van der Waals surface area contributed by atoms with Gasteiger partial charge in [-0.25, -0.2) is 8.42 Å². The monoisotopic (exact) mass is 405 g/mol. The average molecular weight is 405 g/mol. The molecule has 1 saturated carbocycles. The number of carbonyl (C=O) groups is 2. The molecule has 0 radical (unpaired) electrons. The van der Waals surface area contributed by atoms with Crippen LogP contribution in [0.2, 0.25) is 0 Å². The highest BCUT2D eigenvalue weighted by Gasteiger charge is 2.32. The van der Waals surface area contributed by atoms with Crippen LogP contribution in [0.5, 0.6) is 0 Å². The van der Waals surface area contributed by atoms with Crippen molar-refractivity contribution in [3.63, 3.8) is 0 Å². The molecule has 1 aliphatic carbocycles. The first-order valence-corrected chi connectivity index (χ1v) is 10.6. The molecule has 0 heterocycles. The van der Waals surface area contributed by atoms with Crippen LogP contribution in [0.1, 0.15) is 25.7 Å². The van der Waals surface area contributed by atoms with Crippen LogP contribution in [-0.4, -0.2) is 37.7 Å². The number of nitrogens with zero attached hydrogens (tertiary/aromatic N) is 1. The predicted octanol–water partition coefficient (Wildman–Crippen LogP) is 1.54. The van der Waals surface area contributed by atoms with Gasteiger partial charge >= 0.3 is 0 Å². The van der Waals surface area contributed by atoms with Gasteiger partial charge in [0.25, 0.3) is 0 Å². The first-order valence-electron chi connectivity index (χ1n) is 9.15. The Morgan fingerprint density at radius 2 is 1.61 bits per heavy atom. The fourth-order valence-corrected chi connectivity index (χ4v) is 4.76. The lowest BCUT2D eigenvalue weighted by molar-refractivity contribution is -0.313. The summed E-state index contributed by atoms with van der Waals surface area (Å²) in [5, 5.41) is 14.0. The molecule has 0 bridgehead atoms. The molecule has 28 heavy (non-hydrogen) atoms. The molecule has 7 nitrogen and oxygen atoms in total. The Balaban J connectivity index is 2.13. The maximum atomic E-state index is 12.7. The molecule has 0 spiro atoms. The van der Waals surface area contributed by atoms with Crippen molar-refractivity contribution in [1.29, 1.82) is 0 Å². The van der Waals surface area contributed by atoms with E-state index in [1.165, 1.54) is 40.7 Å². The second-order valence-electron chi connectivity index (χ2n) is 6.73. The molecule has 1 aromatic carbocycles. The molecule has 1 fully saturated rings. The molecule has 8 heteroatoms. The summed E-state index contributed by atoms with van der Waals surface area (Å²) in [6.07, 6.45) is 5.47. The van der Waals surface area contributed by atoms with Gasteiger partial charge in [0.1, 0.15) is 0 Å². The zero-order valence-corrected chi connectivity index (χ0v) is 16.5. The lowest BCUT2D eigenvalue weighted by Gasteiger charge is -2.31. The predicted molar refractivity (Wildman–Crippen MR) is 105 cm³/mol. The number of carboxylic acid groups (broad SMARTS) is 1. The molecule has 1 N–H and O–H groups in total. The Morgan fingerprint density at radius 1 is 1.07 bits per heavy atom. The Kier molecular flexibility index (Phi) is 7.53. The molecule has 0 aromatic heterocycles. The van der Waals surface area contributed by atoms with Crippen LogP contribution >= 0.6 is 0 Å². The van der Waals surface area contributed by atoms with Crippen molar-refractivity contribution >= 4 is 27.6 Å². The van der Waals surface area contributed by atoms with Gasteiger partial charge in [-0.3, -0.25) is 4.79 Å². The normalized spacial score (nSPS) is 19.8. The molecule has 0 saturated heterocycles. The van der Waals surface area contributed by atoms with Crippen LogP contribution in [-0.2, 0) is 19.6 Å². The third kappa shape index (κ3) is 5.08. The van der Waals surface area contributed by atoms with Crippen molar-refractivity contribution in [3.05, 3.63) is 49.6 Å². The van der Waals surface area contributed by atoms with Crippen molar-refractivity contribution in [2.75, 3.05) is 18.4 Å². The number of sulfonamides is 1. The molecule has 2 rings (SSSR count). The van der Waals surface area contributed by atoms with E-state index in [0.717, 1.165) is 12.8 Å². The molecule has 1 aromatic rings. The minimum absolute atomic E-state index is 0.0828. The Hall–Kier alpha value is -2.45. The average Bonchev–Trinajstić information content (AvgIpc) is 2.68. The molecule has 0 unspecified atom stereocenters. The Morgan fingerprint density at radius 3 is 2.11 bits per heavy atom. The van der Waals surface area contributed by atoms with Crippen LogP contribution in [0.15, 0.2) is 54.5 Å². The summed E-state index contributed by atoms with van der Waals surface area (Å²) in [5.41, 5.74) is 0.408. The second-order valence-corrected chi connectivity index (χ2v) is 8.67. The van der Waals surface area contributed by atoms with Gasteiger partial charge in [-0.1, -0.05) is 25.0 Å². The smallest absolute Gasteiger partial charge is 0.243 e. The minimum Gasteiger partial charge on any atom is -0.550 e. The van der Waals surface area contributed by atoms with Gasteiger partial charge < -0.3 is 15.2 Å². The zero-order chi connectivity index (χ0) is 20.7. The highest BCUT2D eigenvalue weighted by Crippen LogP contribution is 2.31. The van der Waals surface area contributed by atoms with Crippen LogP contribution < -0.4 is 10.4 Å². The number of carboxylic acids is 1. The van der Waals surface area contributed by atoms with E-state index in [9.17, 15) is 23.1 Å². The maximum absolute atomic E-state index is 12.7. The lowest BCUT2D eigenvalue weighted by atomic mass is 9.78. The largest absolute Gasteiger partial charge is 0.550 e. The van der Waals surface area contributed by atoms with Crippen molar-refractivity contribution in [2.45, 2.75) is 30.6 Å². The van der Waals surface area contributed by atoms with Crippen molar-refractivity contribution in [2.24, 2.45) is 11.8 Å². The van der Waals surface area contributed by atoms with Gasteiger partial charge in [-0.05, 0) is 37.1 Å². The van der Waals surface area contributed by atoms with E-state index in [1.807, 2.05) is 0 Å². The number of hydrogen-bond acceptors (Lipinski definition) is 5. The minimum atomic E-state index is -3.72. The lowest BCUT2D eigenvalue weighted by Crippen LogP contribution is -2.42. The summed E-state index contributed by atoms with van der Waals surface area (Å²) in [4.78, 5) is 23.8. The van der Waals surface area contributed by atoms with Crippen molar-refractivity contribution in [1.82, 2.24) is 4.31 Å². The first kappa shape index (κ1) is 21.8. The van der Waals surface area contributed by atoms with E-state index in [2.05, 4.69) is 18.5 Å². The third-order valence-electron chi connectivity index (χ3n) is 4.83. The molecule has 152 valence electrons. The molecule has 1 amide bonds. The van der Waals surface area contributed by atoms with Gasteiger partial charge in [0.15, 0.2) is 0 Å². The van der Waals surface area contributed by atoms with Crippen molar-refractivity contribution < 1.29 is 23.1 Å². The van der Waals surface area contributed by atoms with Crippen LogP contribution in [0.4, 0.5) is 5.69 Å². The molecule has 2 atom stereocenters. The first-order chi connectivity index (χ1) is 13.3. The third-order valence-corrected chi connectivity index (χ3v) is 6.68. The fraction of sp³-hybridized carbons (Fsp3) is 0.400. The van der Waals surface area contributed by atoms with Crippen LogP contribution in [0.25, 0.3) is 0 Å². The summed E-state index contributed by atoms with van der Waals surface area (Å²) >= 11 is 0. The van der Waals surface area contributed by atoms with Crippen LogP contribution in [0, 0.1) is 11.8 Å². The Bertz CT molecular complexity index is 823. The molecule has 1 aliphatic rings. The van der Waals surface area contributed by atoms with Gasteiger partial charge in [0.05, 0.1) is 4.90 Å². The summed E-state index contributed by atoms with van der Waals surface area (Å²) in [5.74, 6) is -3.02. The van der Waals surface area contributed by atoms with Gasteiger partial charge in [-0.15, -0.1) is 13.2 Å². The molecular weight excluding hydrogens is 380 g/mol. The van der Waals surface area contributed by atoms with Gasteiger partial charge in [-0.2, -0.15) is 4.31 Å². The quantitative estimate of drug-likeness (QED) is 0.627. The zero-order valence-electron chi connectivity index (χ0n) is 15.7. The van der Waals surface area contributed by atoms with E-state index in [0.29, 0.717) is 18.5 Å². The molecular formula is C20H25N2O5S-. The van der Waals surface area contributed by atoms with Crippen LogP contribution in [0.3, 0.4) is 0 Å². The highest BCUT2D eigenvalue weighted by molar-refractivity contribution is 7.89. The maximum Gasteiger partial charge on any atom is 0.243 e.